The SMILES string of the molecule is O=C(CN1CCCNCC1)c1ccsc1. The highest BCUT2D eigenvalue weighted by Crippen LogP contribution is 2.08. The van der Waals surface area contributed by atoms with Crippen molar-refractivity contribution in [2.24, 2.45) is 0 Å². The highest BCUT2D eigenvalue weighted by molar-refractivity contribution is 7.08. The van der Waals surface area contributed by atoms with Gasteiger partial charge >= 0.3 is 0 Å². The fourth-order valence-electron chi connectivity index (χ4n) is 1.78. The standard InChI is InChI=1S/C11H16N2OS/c14-11(10-2-7-15-9-10)8-13-5-1-3-12-4-6-13/h2,7,9,12H,1,3-6,8H2. The second-order valence-electron chi connectivity index (χ2n) is 3.81. The van der Waals surface area contributed by atoms with Crippen molar-refractivity contribution in [1.82, 2.24) is 10.2 Å². The van der Waals surface area contributed by atoms with E-state index in [9.17, 15) is 4.79 Å². The molecule has 0 aromatic carbocycles. The summed E-state index contributed by atoms with van der Waals surface area (Å²) in [4.78, 5) is 14.1. The van der Waals surface area contributed by atoms with Crippen LogP contribution in [0, 0.1) is 0 Å². The molecule has 82 valence electrons. The van der Waals surface area contributed by atoms with Crippen LogP contribution in [-0.4, -0.2) is 43.4 Å². The fourth-order valence-corrected chi connectivity index (χ4v) is 2.44. The van der Waals surface area contributed by atoms with E-state index in [-0.39, 0.29) is 5.78 Å². The van der Waals surface area contributed by atoms with Gasteiger partial charge in [-0.25, -0.2) is 0 Å². The number of carbonyl (C=O) groups excluding carboxylic acids is 1. The van der Waals surface area contributed by atoms with Gasteiger partial charge in [-0.2, -0.15) is 11.3 Å². The quantitative estimate of drug-likeness (QED) is 0.784. The smallest absolute Gasteiger partial charge is 0.177 e. The summed E-state index contributed by atoms with van der Waals surface area (Å²) < 4.78 is 0. The van der Waals surface area contributed by atoms with E-state index in [0.29, 0.717) is 6.54 Å². The van der Waals surface area contributed by atoms with Crippen molar-refractivity contribution >= 4 is 17.1 Å². The van der Waals surface area contributed by atoms with Crippen LogP contribution in [-0.2, 0) is 0 Å². The van der Waals surface area contributed by atoms with Crippen LogP contribution in [0.5, 0.6) is 0 Å². The molecule has 1 aliphatic rings. The largest absolute Gasteiger partial charge is 0.315 e. The topological polar surface area (TPSA) is 32.3 Å². The molecule has 1 N–H and O–H groups in total. The van der Waals surface area contributed by atoms with Gasteiger partial charge in [0.05, 0.1) is 6.54 Å². The van der Waals surface area contributed by atoms with Crippen LogP contribution in [0.3, 0.4) is 0 Å². The monoisotopic (exact) mass is 224 g/mol. The summed E-state index contributed by atoms with van der Waals surface area (Å²) >= 11 is 1.58. The Morgan fingerprint density at radius 3 is 3.20 bits per heavy atom. The number of hydrogen-bond acceptors (Lipinski definition) is 4. The molecular formula is C11H16N2OS. The van der Waals surface area contributed by atoms with Crippen molar-refractivity contribution < 1.29 is 4.79 Å². The Morgan fingerprint density at radius 2 is 2.40 bits per heavy atom. The van der Waals surface area contributed by atoms with Gasteiger partial charge in [0, 0.05) is 24.0 Å². The second-order valence-corrected chi connectivity index (χ2v) is 4.59. The lowest BCUT2D eigenvalue weighted by atomic mass is 10.2. The lowest BCUT2D eigenvalue weighted by Gasteiger charge is -2.17. The Morgan fingerprint density at radius 1 is 1.47 bits per heavy atom. The summed E-state index contributed by atoms with van der Waals surface area (Å²) in [6.07, 6.45) is 1.14. The van der Waals surface area contributed by atoms with Crippen molar-refractivity contribution in [3.63, 3.8) is 0 Å². The Balaban J connectivity index is 1.87. The molecular weight excluding hydrogens is 208 g/mol. The molecule has 1 aromatic heterocycles. The summed E-state index contributed by atoms with van der Waals surface area (Å²) in [5, 5.41) is 7.22. The maximum atomic E-state index is 11.8. The van der Waals surface area contributed by atoms with E-state index in [0.717, 1.165) is 38.2 Å². The van der Waals surface area contributed by atoms with E-state index in [2.05, 4.69) is 10.2 Å². The van der Waals surface area contributed by atoms with E-state index in [1.165, 1.54) is 0 Å². The molecule has 1 saturated heterocycles. The summed E-state index contributed by atoms with van der Waals surface area (Å²) in [6.45, 7) is 4.65. The first-order valence-electron chi connectivity index (χ1n) is 5.35. The molecule has 1 fully saturated rings. The number of rotatable bonds is 3. The molecule has 0 saturated carbocycles. The highest BCUT2D eigenvalue weighted by atomic mass is 32.1. The third kappa shape index (κ3) is 3.12. The van der Waals surface area contributed by atoms with Crippen molar-refractivity contribution in [3.8, 4) is 0 Å². The molecule has 15 heavy (non-hydrogen) atoms. The van der Waals surface area contributed by atoms with Gasteiger partial charge in [-0.15, -0.1) is 0 Å². The van der Waals surface area contributed by atoms with Crippen molar-refractivity contribution in [2.75, 3.05) is 32.7 Å². The van der Waals surface area contributed by atoms with E-state index in [4.69, 9.17) is 0 Å². The zero-order valence-electron chi connectivity index (χ0n) is 8.74. The van der Waals surface area contributed by atoms with Crippen molar-refractivity contribution in [2.45, 2.75) is 6.42 Å². The third-order valence-electron chi connectivity index (χ3n) is 2.64. The number of nitrogens with zero attached hydrogens (tertiary/aromatic N) is 1. The van der Waals surface area contributed by atoms with Gasteiger partial charge < -0.3 is 5.32 Å². The van der Waals surface area contributed by atoms with E-state index >= 15 is 0 Å². The molecule has 0 spiro atoms. The Labute approximate surface area is 94.1 Å². The first-order valence-corrected chi connectivity index (χ1v) is 6.29. The van der Waals surface area contributed by atoms with Gasteiger partial charge in [-0.1, -0.05) is 0 Å². The maximum Gasteiger partial charge on any atom is 0.177 e. The molecule has 2 rings (SSSR count). The second kappa shape index (κ2) is 5.39. The summed E-state index contributed by atoms with van der Waals surface area (Å²) in [5.41, 5.74) is 0.859. The lowest BCUT2D eigenvalue weighted by molar-refractivity contribution is 0.0935. The predicted molar refractivity (Wildman–Crippen MR) is 62.6 cm³/mol. The molecule has 0 atom stereocenters. The molecule has 1 aromatic rings. The molecule has 0 radical (unpaired) electrons. The minimum Gasteiger partial charge on any atom is -0.315 e. The van der Waals surface area contributed by atoms with Gasteiger partial charge in [-0.05, 0) is 31.0 Å². The van der Waals surface area contributed by atoms with Crippen LogP contribution in [0.15, 0.2) is 16.8 Å². The van der Waals surface area contributed by atoms with E-state index in [1.807, 2.05) is 16.8 Å². The Bertz CT molecular complexity index is 302. The number of nitrogens with one attached hydrogen (secondary N) is 1. The molecule has 0 amide bonds. The van der Waals surface area contributed by atoms with Crippen LogP contribution in [0.25, 0.3) is 0 Å². The molecule has 0 aliphatic carbocycles. The maximum absolute atomic E-state index is 11.8. The van der Waals surface area contributed by atoms with E-state index < -0.39 is 0 Å². The highest BCUT2D eigenvalue weighted by Gasteiger charge is 2.13. The fraction of sp³-hybridized carbons (Fsp3) is 0.545. The summed E-state index contributed by atoms with van der Waals surface area (Å²) in [7, 11) is 0. The van der Waals surface area contributed by atoms with E-state index in [1.54, 1.807) is 11.3 Å². The Hall–Kier alpha value is -0.710. The number of Topliss-reactive ketones (excluding diaryl/α,β-unsaturated/α-hetero) is 1. The van der Waals surface area contributed by atoms with Gasteiger partial charge in [-0.3, -0.25) is 9.69 Å². The first kappa shape index (κ1) is 10.8. The minimum atomic E-state index is 0.248. The van der Waals surface area contributed by atoms with Crippen LogP contribution < -0.4 is 5.32 Å². The molecule has 3 nitrogen and oxygen atoms in total. The minimum absolute atomic E-state index is 0.248. The van der Waals surface area contributed by atoms with Crippen molar-refractivity contribution in [3.05, 3.63) is 22.4 Å². The number of hydrogen-bond donors (Lipinski definition) is 1. The lowest BCUT2D eigenvalue weighted by Crippen LogP contribution is -2.32. The summed E-state index contributed by atoms with van der Waals surface area (Å²) in [5.74, 6) is 0.248. The van der Waals surface area contributed by atoms with Crippen molar-refractivity contribution in [1.29, 1.82) is 0 Å². The molecule has 4 heteroatoms. The van der Waals surface area contributed by atoms with Crippen LogP contribution >= 0.6 is 11.3 Å². The van der Waals surface area contributed by atoms with Gasteiger partial charge in [0.1, 0.15) is 0 Å². The molecule has 1 aliphatic heterocycles. The average Bonchev–Trinajstić information content (AvgIpc) is 2.65. The molecule has 0 bridgehead atoms. The average molecular weight is 224 g/mol. The number of carbonyl (C=O) groups is 1. The van der Waals surface area contributed by atoms with Crippen LogP contribution in [0.1, 0.15) is 16.8 Å². The van der Waals surface area contributed by atoms with Crippen LogP contribution in [0.4, 0.5) is 0 Å². The van der Waals surface area contributed by atoms with Gasteiger partial charge in [0.25, 0.3) is 0 Å². The number of thiophene rings is 1. The van der Waals surface area contributed by atoms with Gasteiger partial charge in [0.15, 0.2) is 5.78 Å². The predicted octanol–water partition coefficient (Wildman–Crippen LogP) is 1.23. The Kier molecular flexibility index (Phi) is 3.88. The third-order valence-corrected chi connectivity index (χ3v) is 3.33. The summed E-state index contributed by atoms with van der Waals surface area (Å²) in [6, 6.07) is 1.91. The van der Waals surface area contributed by atoms with Gasteiger partial charge in [0.2, 0.25) is 0 Å². The number of ketones is 1. The zero-order valence-corrected chi connectivity index (χ0v) is 9.55. The van der Waals surface area contributed by atoms with Crippen LogP contribution in [0.2, 0.25) is 0 Å². The first-order chi connectivity index (χ1) is 7.36. The molecule has 0 unspecified atom stereocenters. The zero-order chi connectivity index (χ0) is 10.5. The molecule has 2 heterocycles. The normalized spacial score (nSPS) is 18.7.